The summed E-state index contributed by atoms with van der Waals surface area (Å²) in [7, 11) is 0. The summed E-state index contributed by atoms with van der Waals surface area (Å²) in [4.78, 5) is 14.6. The average molecular weight is 337 g/mol. The van der Waals surface area contributed by atoms with E-state index in [0.29, 0.717) is 11.3 Å². The minimum Gasteiger partial charge on any atom is -0.378 e. The highest BCUT2D eigenvalue weighted by atomic mass is 16.5. The van der Waals surface area contributed by atoms with Crippen molar-refractivity contribution in [3.63, 3.8) is 0 Å². The summed E-state index contributed by atoms with van der Waals surface area (Å²) in [5, 5.41) is 7.78. The number of para-hydroxylation sites is 1. The van der Waals surface area contributed by atoms with E-state index in [1.165, 1.54) is 0 Å². The molecule has 4 rings (SSSR count). The molecule has 3 aromatic rings. The maximum atomic E-state index is 12.3. The van der Waals surface area contributed by atoms with Crippen LogP contribution in [0.25, 0.3) is 11.0 Å². The molecule has 1 aromatic heterocycles. The van der Waals surface area contributed by atoms with E-state index in [-0.39, 0.29) is 12.3 Å². The maximum Gasteiger partial charge on any atom is 0.230 e. The van der Waals surface area contributed by atoms with Gasteiger partial charge in [-0.25, -0.2) is 0 Å². The molecule has 25 heavy (non-hydrogen) atoms. The first-order valence-electron chi connectivity index (χ1n) is 8.35. The summed E-state index contributed by atoms with van der Waals surface area (Å²) in [6.07, 6.45) is 0.183. The van der Waals surface area contributed by atoms with Crippen molar-refractivity contribution in [2.45, 2.75) is 6.42 Å². The maximum absolute atomic E-state index is 12.3. The molecule has 0 spiro atoms. The van der Waals surface area contributed by atoms with Crippen LogP contribution in [0.5, 0.6) is 0 Å². The fourth-order valence-corrected chi connectivity index (χ4v) is 3.00. The fourth-order valence-electron chi connectivity index (χ4n) is 3.00. The molecule has 1 fully saturated rings. The first kappa shape index (κ1) is 15.7. The number of amides is 1. The molecule has 1 amide bonds. The molecular weight excluding hydrogens is 318 g/mol. The van der Waals surface area contributed by atoms with E-state index >= 15 is 0 Å². The zero-order valence-electron chi connectivity index (χ0n) is 13.8. The zero-order chi connectivity index (χ0) is 17.1. The Labute approximate surface area is 145 Å². The van der Waals surface area contributed by atoms with Crippen molar-refractivity contribution >= 4 is 28.3 Å². The third-order valence-corrected chi connectivity index (χ3v) is 4.31. The fraction of sp³-hybridized carbons (Fsp3) is 0.263. The molecule has 0 unspecified atom stereocenters. The number of benzene rings is 2. The minimum absolute atomic E-state index is 0.113. The van der Waals surface area contributed by atoms with Crippen LogP contribution in [0.3, 0.4) is 0 Å². The van der Waals surface area contributed by atoms with Gasteiger partial charge in [-0.2, -0.15) is 0 Å². The second-order valence-electron chi connectivity index (χ2n) is 6.00. The highest BCUT2D eigenvalue weighted by Crippen LogP contribution is 2.21. The van der Waals surface area contributed by atoms with Crippen LogP contribution in [0.2, 0.25) is 0 Å². The van der Waals surface area contributed by atoms with Gasteiger partial charge in [0, 0.05) is 29.9 Å². The van der Waals surface area contributed by atoms with Crippen molar-refractivity contribution < 1.29 is 14.1 Å². The molecule has 1 N–H and O–H groups in total. The lowest BCUT2D eigenvalue weighted by molar-refractivity contribution is -0.115. The van der Waals surface area contributed by atoms with Gasteiger partial charge >= 0.3 is 0 Å². The third-order valence-electron chi connectivity index (χ3n) is 4.31. The van der Waals surface area contributed by atoms with E-state index in [1.54, 1.807) is 0 Å². The van der Waals surface area contributed by atoms with Gasteiger partial charge in [0.05, 0.1) is 19.6 Å². The molecule has 1 saturated heterocycles. The van der Waals surface area contributed by atoms with Crippen LogP contribution in [0.1, 0.15) is 5.69 Å². The van der Waals surface area contributed by atoms with Gasteiger partial charge in [0.25, 0.3) is 0 Å². The van der Waals surface area contributed by atoms with E-state index in [1.807, 2.05) is 48.5 Å². The topological polar surface area (TPSA) is 67.6 Å². The molecule has 0 atom stereocenters. The van der Waals surface area contributed by atoms with Crippen LogP contribution in [0.15, 0.2) is 53.1 Å². The van der Waals surface area contributed by atoms with Crippen LogP contribution in [-0.2, 0) is 16.0 Å². The number of ether oxygens (including phenoxy) is 1. The number of anilines is 2. The average Bonchev–Trinajstić information content (AvgIpc) is 3.06. The van der Waals surface area contributed by atoms with Gasteiger partial charge in [-0.05, 0) is 36.4 Å². The summed E-state index contributed by atoms with van der Waals surface area (Å²) in [6, 6.07) is 15.4. The van der Waals surface area contributed by atoms with Crippen LogP contribution in [0.4, 0.5) is 11.4 Å². The number of morpholine rings is 1. The van der Waals surface area contributed by atoms with Crippen LogP contribution < -0.4 is 10.2 Å². The smallest absolute Gasteiger partial charge is 0.230 e. The van der Waals surface area contributed by atoms with E-state index in [4.69, 9.17) is 9.26 Å². The normalized spacial score (nSPS) is 14.6. The van der Waals surface area contributed by atoms with Gasteiger partial charge in [-0.1, -0.05) is 17.3 Å². The standard InChI is InChI=1S/C19H19N3O3/c23-19(13-17-16-3-1-2-4-18(16)25-21-17)20-14-5-7-15(8-6-14)22-9-11-24-12-10-22/h1-8H,9-13H2,(H,20,23). The van der Waals surface area contributed by atoms with E-state index < -0.39 is 0 Å². The molecule has 0 saturated carbocycles. The summed E-state index contributed by atoms with van der Waals surface area (Å²) in [5.41, 5.74) is 3.26. The lowest BCUT2D eigenvalue weighted by Gasteiger charge is -2.28. The van der Waals surface area contributed by atoms with Crippen molar-refractivity contribution in [2.24, 2.45) is 0 Å². The largest absolute Gasteiger partial charge is 0.378 e. The Morgan fingerprint density at radius 1 is 1.08 bits per heavy atom. The molecule has 2 heterocycles. The molecule has 0 bridgehead atoms. The first-order chi connectivity index (χ1) is 12.3. The van der Waals surface area contributed by atoms with Crippen molar-refractivity contribution in [2.75, 3.05) is 36.5 Å². The predicted molar refractivity (Wildman–Crippen MR) is 95.8 cm³/mol. The van der Waals surface area contributed by atoms with Crippen LogP contribution in [-0.4, -0.2) is 37.4 Å². The molecule has 2 aromatic carbocycles. The van der Waals surface area contributed by atoms with Crippen molar-refractivity contribution in [3.8, 4) is 0 Å². The summed E-state index contributed by atoms with van der Waals surface area (Å²) in [6.45, 7) is 3.30. The molecule has 128 valence electrons. The molecular formula is C19H19N3O3. The van der Waals surface area contributed by atoms with Crippen molar-refractivity contribution in [1.29, 1.82) is 0 Å². The number of carbonyl (C=O) groups excluding carboxylic acids is 1. The van der Waals surface area contributed by atoms with E-state index in [2.05, 4.69) is 15.4 Å². The third kappa shape index (κ3) is 3.49. The lowest BCUT2D eigenvalue weighted by atomic mass is 10.1. The van der Waals surface area contributed by atoms with Gasteiger partial charge in [0.1, 0.15) is 5.69 Å². The molecule has 0 radical (unpaired) electrons. The summed E-state index contributed by atoms with van der Waals surface area (Å²) in [5.74, 6) is -0.113. The molecule has 1 aliphatic heterocycles. The Balaban J connectivity index is 1.40. The number of nitrogens with one attached hydrogen (secondary N) is 1. The zero-order valence-corrected chi connectivity index (χ0v) is 13.8. The molecule has 0 aliphatic carbocycles. The highest BCUT2D eigenvalue weighted by Gasteiger charge is 2.13. The number of hydrogen-bond donors (Lipinski definition) is 1. The monoisotopic (exact) mass is 337 g/mol. The second kappa shape index (κ2) is 6.94. The van der Waals surface area contributed by atoms with Gasteiger partial charge in [0.2, 0.25) is 5.91 Å². The Kier molecular flexibility index (Phi) is 4.35. The SMILES string of the molecule is O=C(Cc1noc2ccccc12)Nc1ccc(N2CCOCC2)cc1. The Morgan fingerprint density at radius 2 is 1.84 bits per heavy atom. The number of aromatic nitrogens is 1. The number of nitrogens with zero attached hydrogens (tertiary/aromatic N) is 2. The predicted octanol–water partition coefficient (Wildman–Crippen LogP) is 2.85. The minimum atomic E-state index is -0.113. The second-order valence-corrected chi connectivity index (χ2v) is 6.00. The quantitative estimate of drug-likeness (QED) is 0.793. The molecule has 6 nitrogen and oxygen atoms in total. The van der Waals surface area contributed by atoms with Crippen LogP contribution >= 0.6 is 0 Å². The number of carbonyl (C=O) groups is 1. The first-order valence-corrected chi connectivity index (χ1v) is 8.35. The van der Waals surface area contributed by atoms with E-state index in [9.17, 15) is 4.79 Å². The molecule has 6 heteroatoms. The number of fused-ring (bicyclic) bond motifs is 1. The highest BCUT2D eigenvalue weighted by molar-refractivity contribution is 5.94. The van der Waals surface area contributed by atoms with Crippen molar-refractivity contribution in [3.05, 3.63) is 54.2 Å². The lowest BCUT2D eigenvalue weighted by Crippen LogP contribution is -2.36. The summed E-state index contributed by atoms with van der Waals surface area (Å²) < 4.78 is 10.6. The number of rotatable bonds is 4. The van der Waals surface area contributed by atoms with Gasteiger partial charge in [-0.15, -0.1) is 0 Å². The molecule has 1 aliphatic rings. The Hall–Kier alpha value is -2.86. The van der Waals surface area contributed by atoms with Gasteiger partial charge < -0.3 is 19.5 Å². The van der Waals surface area contributed by atoms with Gasteiger partial charge in [0.15, 0.2) is 5.58 Å². The van der Waals surface area contributed by atoms with E-state index in [0.717, 1.165) is 43.1 Å². The number of hydrogen-bond acceptors (Lipinski definition) is 5. The van der Waals surface area contributed by atoms with Gasteiger partial charge in [-0.3, -0.25) is 4.79 Å². The Morgan fingerprint density at radius 3 is 2.64 bits per heavy atom. The van der Waals surface area contributed by atoms with Crippen LogP contribution in [0, 0.1) is 0 Å². The Bertz CT molecular complexity index is 867. The summed E-state index contributed by atoms with van der Waals surface area (Å²) >= 11 is 0. The van der Waals surface area contributed by atoms with Crippen molar-refractivity contribution in [1.82, 2.24) is 5.16 Å².